The van der Waals surface area contributed by atoms with Crippen molar-refractivity contribution in [3.05, 3.63) is 0 Å². The third-order valence-electron chi connectivity index (χ3n) is 2.71. The molecule has 4 heteroatoms. The molecule has 90 valence electrons. The van der Waals surface area contributed by atoms with E-state index in [1.807, 2.05) is 20.8 Å². The van der Waals surface area contributed by atoms with E-state index in [-0.39, 0.29) is 30.4 Å². The first-order valence-electron chi connectivity index (χ1n) is 5.68. The summed E-state index contributed by atoms with van der Waals surface area (Å²) in [4.78, 5) is 11.8. The summed E-state index contributed by atoms with van der Waals surface area (Å²) in [7, 11) is 0. The van der Waals surface area contributed by atoms with Gasteiger partial charge in [-0.2, -0.15) is 0 Å². The first-order chi connectivity index (χ1) is 7.06. The van der Waals surface area contributed by atoms with E-state index >= 15 is 0 Å². The smallest absolute Gasteiger partial charge is 0.224 e. The van der Waals surface area contributed by atoms with E-state index in [9.17, 15) is 4.79 Å². The highest BCUT2D eigenvalue weighted by atomic mass is 16.3. The van der Waals surface area contributed by atoms with Crippen LogP contribution in [0.4, 0.5) is 0 Å². The van der Waals surface area contributed by atoms with Gasteiger partial charge in [-0.1, -0.05) is 20.8 Å². The Morgan fingerprint density at radius 2 is 2.07 bits per heavy atom. The van der Waals surface area contributed by atoms with Crippen LogP contribution in [0.2, 0.25) is 0 Å². The van der Waals surface area contributed by atoms with Gasteiger partial charge in [-0.25, -0.2) is 0 Å². The SMILES string of the molecule is CCC(CCO)NC(=O)C(CN)C(C)C. The topological polar surface area (TPSA) is 75.3 Å². The normalized spacial score (nSPS) is 15.1. The summed E-state index contributed by atoms with van der Waals surface area (Å²) < 4.78 is 0. The van der Waals surface area contributed by atoms with Gasteiger partial charge in [0.1, 0.15) is 0 Å². The first-order valence-corrected chi connectivity index (χ1v) is 5.68. The van der Waals surface area contributed by atoms with Crippen LogP contribution in [0.3, 0.4) is 0 Å². The van der Waals surface area contributed by atoms with Gasteiger partial charge in [-0.05, 0) is 18.8 Å². The number of aliphatic hydroxyl groups is 1. The standard InChI is InChI=1S/C11H24N2O2/c1-4-9(5-6-14)13-11(15)10(7-12)8(2)3/h8-10,14H,4-7,12H2,1-3H3,(H,13,15). The number of carbonyl (C=O) groups is 1. The minimum atomic E-state index is -0.127. The molecule has 0 aliphatic heterocycles. The number of carbonyl (C=O) groups excluding carboxylic acids is 1. The predicted molar refractivity (Wildman–Crippen MR) is 61.3 cm³/mol. The highest BCUT2D eigenvalue weighted by Crippen LogP contribution is 2.10. The van der Waals surface area contributed by atoms with Crippen LogP contribution >= 0.6 is 0 Å². The molecule has 0 bridgehead atoms. The van der Waals surface area contributed by atoms with Crippen molar-refractivity contribution in [1.82, 2.24) is 5.32 Å². The highest BCUT2D eigenvalue weighted by molar-refractivity contribution is 5.79. The van der Waals surface area contributed by atoms with Gasteiger partial charge in [0.15, 0.2) is 0 Å². The van der Waals surface area contributed by atoms with E-state index in [4.69, 9.17) is 10.8 Å². The Morgan fingerprint density at radius 3 is 2.40 bits per heavy atom. The first kappa shape index (κ1) is 14.4. The maximum absolute atomic E-state index is 11.8. The lowest BCUT2D eigenvalue weighted by atomic mass is 9.94. The fourth-order valence-electron chi connectivity index (χ4n) is 1.52. The zero-order valence-electron chi connectivity index (χ0n) is 9.99. The van der Waals surface area contributed by atoms with Gasteiger partial charge < -0.3 is 16.2 Å². The summed E-state index contributed by atoms with van der Waals surface area (Å²) in [5.41, 5.74) is 5.56. The van der Waals surface area contributed by atoms with Crippen LogP contribution in [0.25, 0.3) is 0 Å². The average Bonchev–Trinajstić information content (AvgIpc) is 2.17. The Balaban J connectivity index is 4.18. The molecular weight excluding hydrogens is 192 g/mol. The lowest BCUT2D eigenvalue weighted by molar-refractivity contribution is -0.126. The molecule has 0 rings (SSSR count). The van der Waals surface area contributed by atoms with Gasteiger partial charge in [0.25, 0.3) is 0 Å². The third kappa shape index (κ3) is 5.14. The second-order valence-electron chi connectivity index (χ2n) is 4.21. The van der Waals surface area contributed by atoms with Crippen LogP contribution < -0.4 is 11.1 Å². The van der Waals surface area contributed by atoms with Crippen molar-refractivity contribution in [2.24, 2.45) is 17.6 Å². The third-order valence-corrected chi connectivity index (χ3v) is 2.71. The molecule has 0 spiro atoms. The summed E-state index contributed by atoms with van der Waals surface area (Å²) in [5.74, 6) is 0.132. The van der Waals surface area contributed by atoms with Crippen LogP contribution in [-0.2, 0) is 4.79 Å². The quantitative estimate of drug-likeness (QED) is 0.580. The summed E-state index contributed by atoms with van der Waals surface area (Å²) >= 11 is 0. The Morgan fingerprint density at radius 1 is 1.47 bits per heavy atom. The zero-order valence-corrected chi connectivity index (χ0v) is 9.99. The monoisotopic (exact) mass is 216 g/mol. The van der Waals surface area contributed by atoms with Crippen molar-refractivity contribution in [3.8, 4) is 0 Å². The summed E-state index contributed by atoms with van der Waals surface area (Å²) in [6.07, 6.45) is 1.44. The number of hydrogen-bond acceptors (Lipinski definition) is 3. The van der Waals surface area contributed by atoms with Crippen LogP contribution in [0.15, 0.2) is 0 Å². The Bertz CT molecular complexity index is 183. The average molecular weight is 216 g/mol. The zero-order chi connectivity index (χ0) is 11.8. The molecule has 0 aromatic carbocycles. The van der Waals surface area contributed by atoms with Crippen LogP contribution in [0.5, 0.6) is 0 Å². The Labute approximate surface area is 92.2 Å². The largest absolute Gasteiger partial charge is 0.396 e. The van der Waals surface area contributed by atoms with Gasteiger partial charge in [0, 0.05) is 19.2 Å². The van der Waals surface area contributed by atoms with Crippen molar-refractivity contribution in [3.63, 3.8) is 0 Å². The van der Waals surface area contributed by atoms with Crippen molar-refractivity contribution in [1.29, 1.82) is 0 Å². The van der Waals surface area contributed by atoms with E-state index in [1.165, 1.54) is 0 Å². The van der Waals surface area contributed by atoms with E-state index in [0.29, 0.717) is 13.0 Å². The molecule has 0 aromatic heterocycles. The number of aliphatic hydroxyl groups excluding tert-OH is 1. The van der Waals surface area contributed by atoms with E-state index < -0.39 is 0 Å². The van der Waals surface area contributed by atoms with Gasteiger partial charge in [-0.3, -0.25) is 4.79 Å². The van der Waals surface area contributed by atoms with Crippen LogP contribution in [0.1, 0.15) is 33.6 Å². The molecule has 15 heavy (non-hydrogen) atoms. The molecule has 0 heterocycles. The molecular formula is C11H24N2O2. The Kier molecular flexibility index (Phi) is 7.34. The second-order valence-corrected chi connectivity index (χ2v) is 4.21. The van der Waals surface area contributed by atoms with Gasteiger partial charge >= 0.3 is 0 Å². The lowest BCUT2D eigenvalue weighted by Gasteiger charge is -2.22. The molecule has 0 fully saturated rings. The maximum atomic E-state index is 11.8. The minimum absolute atomic E-state index is 0.00722. The van der Waals surface area contributed by atoms with Gasteiger partial charge in [0.05, 0.1) is 5.92 Å². The number of hydrogen-bond donors (Lipinski definition) is 3. The predicted octanol–water partition coefficient (Wildman–Crippen LogP) is 0.495. The fraction of sp³-hybridized carbons (Fsp3) is 0.909. The fourth-order valence-corrected chi connectivity index (χ4v) is 1.52. The molecule has 0 aromatic rings. The molecule has 1 amide bonds. The number of nitrogens with one attached hydrogen (secondary N) is 1. The van der Waals surface area contributed by atoms with Crippen LogP contribution in [0, 0.1) is 11.8 Å². The minimum Gasteiger partial charge on any atom is -0.396 e. The van der Waals surface area contributed by atoms with Crippen molar-refractivity contribution in [2.75, 3.05) is 13.2 Å². The lowest BCUT2D eigenvalue weighted by Crippen LogP contribution is -2.43. The van der Waals surface area contributed by atoms with E-state index in [0.717, 1.165) is 6.42 Å². The number of nitrogens with two attached hydrogens (primary N) is 1. The molecule has 4 N–H and O–H groups in total. The van der Waals surface area contributed by atoms with Crippen molar-refractivity contribution in [2.45, 2.75) is 39.7 Å². The maximum Gasteiger partial charge on any atom is 0.224 e. The summed E-state index contributed by atoms with van der Waals surface area (Å²) in [5, 5.41) is 11.7. The molecule has 0 radical (unpaired) electrons. The Hall–Kier alpha value is -0.610. The van der Waals surface area contributed by atoms with Crippen molar-refractivity contribution < 1.29 is 9.90 Å². The van der Waals surface area contributed by atoms with E-state index in [2.05, 4.69) is 5.32 Å². The molecule has 0 saturated carbocycles. The van der Waals surface area contributed by atoms with Gasteiger partial charge in [0.2, 0.25) is 5.91 Å². The molecule has 0 aliphatic rings. The molecule has 2 atom stereocenters. The number of amides is 1. The second kappa shape index (κ2) is 7.65. The summed E-state index contributed by atoms with van der Waals surface area (Å²) in [6, 6.07) is 0.0651. The van der Waals surface area contributed by atoms with Crippen molar-refractivity contribution >= 4 is 5.91 Å². The summed E-state index contributed by atoms with van der Waals surface area (Å²) in [6.45, 7) is 6.45. The highest BCUT2D eigenvalue weighted by Gasteiger charge is 2.22. The number of rotatable bonds is 7. The molecule has 2 unspecified atom stereocenters. The van der Waals surface area contributed by atoms with E-state index in [1.54, 1.807) is 0 Å². The molecule has 4 nitrogen and oxygen atoms in total. The van der Waals surface area contributed by atoms with Gasteiger partial charge in [-0.15, -0.1) is 0 Å². The molecule has 0 aliphatic carbocycles. The molecule has 0 saturated heterocycles. The van der Waals surface area contributed by atoms with Crippen LogP contribution in [-0.4, -0.2) is 30.2 Å².